The molecule has 0 amide bonds. The van der Waals surface area contributed by atoms with Gasteiger partial charge in [0, 0.05) is 19.1 Å². The van der Waals surface area contributed by atoms with Crippen LogP contribution in [0.2, 0.25) is 0 Å². The molecule has 3 heteroatoms. The number of rotatable bonds is 7. The molecular weight excluding hydrogens is 222 g/mol. The molecule has 18 heavy (non-hydrogen) atoms. The zero-order valence-corrected chi connectivity index (χ0v) is 13.1. The van der Waals surface area contributed by atoms with Crippen LogP contribution in [0.1, 0.15) is 33.6 Å². The molecule has 0 bridgehead atoms. The number of hydrogen-bond donors (Lipinski definition) is 1. The highest BCUT2D eigenvalue weighted by atomic mass is 15.2. The number of likely N-dealkylation sites (tertiary alicyclic amines) is 1. The third-order valence-electron chi connectivity index (χ3n) is 3.87. The van der Waals surface area contributed by atoms with Gasteiger partial charge in [-0.1, -0.05) is 20.8 Å². The quantitative estimate of drug-likeness (QED) is 0.749. The summed E-state index contributed by atoms with van der Waals surface area (Å²) in [6.07, 6.45) is 2.72. The summed E-state index contributed by atoms with van der Waals surface area (Å²) in [7, 11) is 4.54. The van der Waals surface area contributed by atoms with Crippen LogP contribution in [0.4, 0.5) is 0 Å². The third-order valence-corrected chi connectivity index (χ3v) is 3.87. The van der Waals surface area contributed by atoms with Crippen molar-refractivity contribution in [2.24, 2.45) is 11.8 Å². The first-order valence-corrected chi connectivity index (χ1v) is 7.58. The molecule has 0 aromatic carbocycles. The van der Waals surface area contributed by atoms with Crippen molar-refractivity contribution in [1.29, 1.82) is 0 Å². The number of hydrogen-bond acceptors (Lipinski definition) is 3. The minimum Gasteiger partial charge on any atom is -0.316 e. The van der Waals surface area contributed by atoms with Gasteiger partial charge in [-0.15, -0.1) is 0 Å². The summed E-state index contributed by atoms with van der Waals surface area (Å²) < 4.78 is 0. The second-order valence-electron chi connectivity index (χ2n) is 6.66. The van der Waals surface area contributed by atoms with E-state index in [0.717, 1.165) is 31.0 Å². The normalized spacial score (nSPS) is 23.8. The molecule has 1 N–H and O–H groups in total. The lowest BCUT2D eigenvalue weighted by Crippen LogP contribution is -2.47. The zero-order valence-electron chi connectivity index (χ0n) is 13.1. The second-order valence-corrected chi connectivity index (χ2v) is 6.66. The van der Waals surface area contributed by atoms with Gasteiger partial charge < -0.3 is 15.1 Å². The minimum atomic E-state index is 0.737. The van der Waals surface area contributed by atoms with E-state index in [4.69, 9.17) is 0 Å². The molecule has 1 saturated heterocycles. The summed E-state index contributed by atoms with van der Waals surface area (Å²) in [5.41, 5.74) is 0. The summed E-state index contributed by atoms with van der Waals surface area (Å²) >= 11 is 0. The monoisotopic (exact) mass is 255 g/mol. The van der Waals surface area contributed by atoms with Crippen molar-refractivity contribution in [3.05, 3.63) is 0 Å². The predicted octanol–water partition coefficient (Wildman–Crippen LogP) is 1.89. The summed E-state index contributed by atoms with van der Waals surface area (Å²) in [5, 5.41) is 3.56. The molecule has 1 aliphatic rings. The van der Waals surface area contributed by atoms with Crippen LogP contribution in [0, 0.1) is 11.8 Å². The SMILES string of the molecule is CC(C)CNCC(C)CN(C)C1CCCN(C)C1. The van der Waals surface area contributed by atoms with Crippen molar-refractivity contribution in [2.75, 3.05) is 46.8 Å². The van der Waals surface area contributed by atoms with Crippen LogP contribution in [0.25, 0.3) is 0 Å². The molecule has 1 heterocycles. The molecule has 108 valence electrons. The van der Waals surface area contributed by atoms with Gasteiger partial charge in [-0.25, -0.2) is 0 Å². The van der Waals surface area contributed by atoms with E-state index in [0.29, 0.717) is 0 Å². The summed E-state index contributed by atoms with van der Waals surface area (Å²) in [6.45, 7) is 12.9. The van der Waals surface area contributed by atoms with Gasteiger partial charge in [-0.05, 0) is 58.4 Å². The van der Waals surface area contributed by atoms with Gasteiger partial charge in [0.05, 0.1) is 0 Å². The van der Waals surface area contributed by atoms with Crippen LogP contribution in [0.5, 0.6) is 0 Å². The maximum Gasteiger partial charge on any atom is 0.0220 e. The van der Waals surface area contributed by atoms with E-state index in [1.165, 1.54) is 32.5 Å². The lowest BCUT2D eigenvalue weighted by molar-refractivity contribution is 0.122. The Labute approximate surface area is 114 Å². The highest BCUT2D eigenvalue weighted by molar-refractivity contribution is 4.78. The van der Waals surface area contributed by atoms with E-state index in [9.17, 15) is 0 Å². The fourth-order valence-corrected chi connectivity index (χ4v) is 2.82. The van der Waals surface area contributed by atoms with Crippen molar-refractivity contribution < 1.29 is 0 Å². The van der Waals surface area contributed by atoms with Crippen LogP contribution < -0.4 is 5.32 Å². The first-order chi connectivity index (χ1) is 8.49. The van der Waals surface area contributed by atoms with E-state index in [1.807, 2.05) is 0 Å². The van der Waals surface area contributed by atoms with Crippen LogP contribution >= 0.6 is 0 Å². The van der Waals surface area contributed by atoms with Crippen molar-refractivity contribution in [1.82, 2.24) is 15.1 Å². The standard InChI is InChI=1S/C15H33N3/c1-13(2)9-16-10-14(3)11-18(5)15-7-6-8-17(4)12-15/h13-16H,6-12H2,1-5H3. The van der Waals surface area contributed by atoms with Crippen molar-refractivity contribution >= 4 is 0 Å². The fraction of sp³-hybridized carbons (Fsp3) is 1.00. The third kappa shape index (κ3) is 6.17. The molecule has 1 rings (SSSR count). The summed E-state index contributed by atoms with van der Waals surface area (Å²) in [6, 6.07) is 0.760. The maximum absolute atomic E-state index is 3.56. The average molecular weight is 255 g/mol. The average Bonchev–Trinajstić information content (AvgIpc) is 2.28. The molecule has 2 atom stereocenters. The van der Waals surface area contributed by atoms with E-state index in [-0.39, 0.29) is 0 Å². The van der Waals surface area contributed by atoms with Crippen molar-refractivity contribution in [3.8, 4) is 0 Å². The van der Waals surface area contributed by atoms with E-state index < -0.39 is 0 Å². The lowest BCUT2D eigenvalue weighted by Gasteiger charge is -2.37. The topological polar surface area (TPSA) is 18.5 Å². The van der Waals surface area contributed by atoms with Gasteiger partial charge in [-0.2, -0.15) is 0 Å². The first-order valence-electron chi connectivity index (χ1n) is 7.58. The Hall–Kier alpha value is -0.120. The smallest absolute Gasteiger partial charge is 0.0220 e. The Bertz CT molecular complexity index is 218. The molecule has 0 aliphatic carbocycles. The van der Waals surface area contributed by atoms with E-state index in [1.54, 1.807) is 0 Å². The maximum atomic E-state index is 3.56. The van der Waals surface area contributed by atoms with Gasteiger partial charge in [0.2, 0.25) is 0 Å². The van der Waals surface area contributed by atoms with Crippen molar-refractivity contribution in [2.45, 2.75) is 39.7 Å². The Morgan fingerprint density at radius 1 is 1.28 bits per heavy atom. The molecule has 2 unspecified atom stereocenters. The van der Waals surface area contributed by atoms with Gasteiger partial charge in [-0.3, -0.25) is 0 Å². The number of nitrogens with one attached hydrogen (secondary N) is 1. The lowest BCUT2D eigenvalue weighted by atomic mass is 10.0. The number of likely N-dealkylation sites (N-methyl/N-ethyl adjacent to an activating group) is 2. The number of nitrogens with zero attached hydrogens (tertiary/aromatic N) is 2. The van der Waals surface area contributed by atoms with Crippen LogP contribution in [-0.4, -0.2) is 62.7 Å². The highest BCUT2D eigenvalue weighted by Gasteiger charge is 2.21. The summed E-state index contributed by atoms with van der Waals surface area (Å²) in [5.74, 6) is 1.49. The largest absolute Gasteiger partial charge is 0.316 e. The molecule has 3 nitrogen and oxygen atoms in total. The second kappa shape index (κ2) is 8.13. The van der Waals surface area contributed by atoms with E-state index >= 15 is 0 Å². The molecule has 0 spiro atoms. The van der Waals surface area contributed by atoms with E-state index in [2.05, 4.69) is 50.0 Å². The highest BCUT2D eigenvalue weighted by Crippen LogP contribution is 2.14. The molecule has 0 aromatic rings. The van der Waals surface area contributed by atoms with Crippen molar-refractivity contribution in [3.63, 3.8) is 0 Å². The Balaban J connectivity index is 2.19. The fourth-order valence-electron chi connectivity index (χ4n) is 2.82. The summed E-state index contributed by atoms with van der Waals surface area (Å²) in [4.78, 5) is 5.03. The number of piperidine rings is 1. The molecule has 1 aliphatic heterocycles. The van der Waals surface area contributed by atoms with Gasteiger partial charge in [0.1, 0.15) is 0 Å². The molecule has 0 saturated carbocycles. The predicted molar refractivity (Wildman–Crippen MR) is 80.0 cm³/mol. The Kier molecular flexibility index (Phi) is 7.20. The first kappa shape index (κ1) is 15.9. The molecule has 0 aromatic heterocycles. The van der Waals surface area contributed by atoms with Gasteiger partial charge in [0.25, 0.3) is 0 Å². The minimum absolute atomic E-state index is 0.737. The Morgan fingerprint density at radius 2 is 2.00 bits per heavy atom. The Morgan fingerprint density at radius 3 is 2.61 bits per heavy atom. The van der Waals surface area contributed by atoms with Gasteiger partial charge in [0.15, 0.2) is 0 Å². The van der Waals surface area contributed by atoms with Crippen LogP contribution in [-0.2, 0) is 0 Å². The molecule has 1 fully saturated rings. The van der Waals surface area contributed by atoms with Crippen LogP contribution in [0.3, 0.4) is 0 Å². The molecular formula is C15H33N3. The van der Waals surface area contributed by atoms with Crippen LogP contribution in [0.15, 0.2) is 0 Å². The zero-order chi connectivity index (χ0) is 13.5. The molecule has 0 radical (unpaired) electrons. The van der Waals surface area contributed by atoms with Gasteiger partial charge >= 0.3 is 0 Å².